The molecule has 2 fully saturated rings. The van der Waals surface area contributed by atoms with Gasteiger partial charge in [0, 0.05) is 42.3 Å². The number of carbonyl (C=O) groups is 1. The molecule has 65 heavy (non-hydrogen) atoms. The third-order valence-electron chi connectivity index (χ3n) is 11.4. The lowest BCUT2D eigenvalue weighted by Crippen LogP contribution is -2.73. The number of carbonyl (C=O) groups excluding carboxylic acids is 1. The van der Waals surface area contributed by atoms with Crippen molar-refractivity contribution < 1.29 is 35.9 Å². The molecule has 2 N–H and O–H groups in total. The molecule has 1 spiro atoms. The highest BCUT2D eigenvalue weighted by molar-refractivity contribution is 9.10. The van der Waals surface area contributed by atoms with Gasteiger partial charge >= 0.3 is 18.4 Å². The van der Waals surface area contributed by atoms with Crippen LogP contribution < -0.4 is 15.5 Å². The summed E-state index contributed by atoms with van der Waals surface area (Å²) in [4.78, 5) is 42.8. The Labute approximate surface area is 380 Å². The number of hydrogen-bond acceptors (Lipinski definition) is 11. The first kappa shape index (κ1) is 47.1. The number of alkyl halides is 6. The van der Waals surface area contributed by atoms with Gasteiger partial charge in [0.05, 0.1) is 45.9 Å². The largest absolute Gasteiger partial charge is 0.444 e. The summed E-state index contributed by atoms with van der Waals surface area (Å²) in [6.07, 6.45) is -5.68. The summed E-state index contributed by atoms with van der Waals surface area (Å²) < 4.78 is 86.2. The van der Waals surface area contributed by atoms with Crippen LogP contribution in [0, 0.1) is 33.1 Å². The van der Waals surface area contributed by atoms with Gasteiger partial charge in [-0.25, -0.2) is 34.7 Å². The number of amides is 1. The minimum atomic E-state index is -4.42. The summed E-state index contributed by atoms with van der Waals surface area (Å²) in [7, 11) is 0. The van der Waals surface area contributed by atoms with E-state index in [2.05, 4.69) is 61.4 Å². The first-order valence-electron chi connectivity index (χ1n) is 20.8. The van der Waals surface area contributed by atoms with Crippen molar-refractivity contribution in [3.8, 4) is 0 Å². The third kappa shape index (κ3) is 10.3. The van der Waals surface area contributed by atoms with Crippen molar-refractivity contribution in [2.75, 3.05) is 41.7 Å². The van der Waals surface area contributed by atoms with Crippen LogP contribution in [0.3, 0.4) is 0 Å². The van der Waals surface area contributed by atoms with Crippen molar-refractivity contribution in [1.29, 1.82) is 0 Å². The fourth-order valence-corrected chi connectivity index (χ4v) is 8.72. The van der Waals surface area contributed by atoms with E-state index < -0.39 is 35.1 Å². The Morgan fingerprint density at radius 3 is 1.63 bits per heavy atom. The summed E-state index contributed by atoms with van der Waals surface area (Å²) in [6.45, 7) is 18.5. The standard InChI is InChI=1S/C28H33F3N6O2.C18H16BrF3N4/c1-16-20(8-7-9-22(16)28(29,30)31)17(2)33-24-21-10-19(11-32-23(21)34-18(3)35-24)36-12-27(13-36)14-37(15-27)25(38)39-26(4,5)6;1-9-13(5-4-6-15(9)18(20,21)22)10(2)24-17-14-7-12(19)8-23-16(14)25-11(3)26-17/h7-11,17H,12-15H2,1-6H3,(H,32,33,34,35);4-8,10H,1-3H3,(H,23,24,25,26). The van der Waals surface area contributed by atoms with Crippen molar-refractivity contribution in [2.24, 2.45) is 5.41 Å². The molecule has 2 aliphatic heterocycles. The molecule has 6 heterocycles. The fourth-order valence-electron chi connectivity index (χ4n) is 8.39. The second-order valence-electron chi connectivity index (χ2n) is 17.8. The van der Waals surface area contributed by atoms with E-state index in [-0.39, 0.29) is 28.7 Å². The van der Waals surface area contributed by atoms with Crippen LogP contribution in [-0.2, 0) is 17.1 Å². The van der Waals surface area contributed by atoms with Crippen molar-refractivity contribution >= 4 is 61.4 Å². The molecule has 6 aromatic rings. The number of rotatable bonds is 7. The van der Waals surface area contributed by atoms with Gasteiger partial charge in [0.2, 0.25) is 0 Å². The van der Waals surface area contributed by atoms with Crippen molar-refractivity contribution in [2.45, 2.75) is 92.4 Å². The van der Waals surface area contributed by atoms with Crippen LogP contribution in [0.1, 0.15) is 91.7 Å². The van der Waals surface area contributed by atoms with Crippen LogP contribution in [0.4, 0.5) is 48.5 Å². The first-order valence-corrected chi connectivity index (χ1v) is 21.6. The van der Waals surface area contributed by atoms with Gasteiger partial charge in [0.25, 0.3) is 0 Å². The van der Waals surface area contributed by atoms with Gasteiger partial charge in [0.15, 0.2) is 11.3 Å². The molecule has 2 aromatic carbocycles. The van der Waals surface area contributed by atoms with Crippen LogP contribution in [0.5, 0.6) is 0 Å². The summed E-state index contributed by atoms with van der Waals surface area (Å²) in [5, 5.41) is 7.90. The molecular weight excluding hydrogens is 918 g/mol. The van der Waals surface area contributed by atoms with Gasteiger partial charge in [-0.1, -0.05) is 24.3 Å². The second-order valence-corrected chi connectivity index (χ2v) is 18.7. The predicted molar refractivity (Wildman–Crippen MR) is 241 cm³/mol. The molecular formula is C46H49BrF6N10O2. The van der Waals surface area contributed by atoms with Gasteiger partial charge in [-0.3, -0.25) is 0 Å². The molecule has 1 amide bonds. The number of anilines is 3. The number of ether oxygens (including phenoxy) is 1. The number of benzene rings is 2. The smallest absolute Gasteiger partial charge is 0.416 e. The lowest BCUT2D eigenvalue weighted by Gasteiger charge is -2.60. The Morgan fingerprint density at radius 1 is 0.708 bits per heavy atom. The lowest BCUT2D eigenvalue weighted by atomic mass is 9.73. The molecule has 8 rings (SSSR count). The molecule has 2 unspecified atom stereocenters. The lowest BCUT2D eigenvalue weighted by molar-refractivity contribution is -0.138. The Morgan fingerprint density at radius 2 is 1.17 bits per heavy atom. The molecule has 2 atom stereocenters. The maximum atomic E-state index is 13.5. The molecule has 4 aromatic heterocycles. The number of aromatic nitrogens is 6. The highest BCUT2D eigenvalue weighted by Gasteiger charge is 2.54. The summed E-state index contributed by atoms with van der Waals surface area (Å²) >= 11 is 3.37. The zero-order valence-electron chi connectivity index (χ0n) is 37.3. The highest BCUT2D eigenvalue weighted by Crippen LogP contribution is 2.43. The normalized spacial score (nSPS) is 15.8. The van der Waals surface area contributed by atoms with Crippen molar-refractivity contribution in [3.63, 3.8) is 0 Å². The van der Waals surface area contributed by atoms with Crippen molar-refractivity contribution in [3.05, 3.63) is 110 Å². The van der Waals surface area contributed by atoms with Crippen molar-refractivity contribution in [1.82, 2.24) is 34.8 Å². The SMILES string of the molecule is Cc1nc(NC(C)c2cccc(C(F)(F)F)c2C)c2cc(Br)cnc2n1.Cc1nc(NC(C)c2cccc(C(F)(F)F)c2C)c2cc(N3CC4(CN(C(=O)OC(C)(C)C)C4)C3)cnc2n1. The number of nitrogens with zero attached hydrogens (tertiary/aromatic N) is 8. The van der Waals surface area contributed by atoms with Crippen LogP contribution in [0.15, 0.2) is 65.4 Å². The molecule has 2 saturated heterocycles. The summed E-state index contributed by atoms with van der Waals surface area (Å²) in [6, 6.07) is 11.4. The zero-order valence-corrected chi connectivity index (χ0v) is 38.9. The van der Waals surface area contributed by atoms with Crippen LogP contribution >= 0.6 is 15.9 Å². The van der Waals surface area contributed by atoms with E-state index in [1.54, 1.807) is 50.2 Å². The molecule has 0 bridgehead atoms. The van der Waals surface area contributed by atoms with Gasteiger partial charge in [0.1, 0.15) is 28.9 Å². The van der Waals surface area contributed by atoms with Gasteiger partial charge in [-0.05, 0) is 125 Å². The van der Waals surface area contributed by atoms with E-state index >= 15 is 0 Å². The predicted octanol–water partition coefficient (Wildman–Crippen LogP) is 11.5. The van der Waals surface area contributed by atoms with E-state index in [1.165, 1.54) is 26.0 Å². The Bertz CT molecular complexity index is 2770. The summed E-state index contributed by atoms with van der Waals surface area (Å²) in [5.41, 5.74) is 1.69. The summed E-state index contributed by atoms with van der Waals surface area (Å²) in [5.74, 6) is 2.09. The average Bonchev–Trinajstić information content (AvgIpc) is 3.16. The van der Waals surface area contributed by atoms with Gasteiger partial charge in [-0.15, -0.1) is 0 Å². The first-order chi connectivity index (χ1) is 30.3. The van der Waals surface area contributed by atoms with E-state index in [1.807, 2.05) is 39.8 Å². The minimum absolute atomic E-state index is 0.0479. The quantitative estimate of drug-likeness (QED) is 0.148. The zero-order chi connectivity index (χ0) is 47.4. The Kier molecular flexibility index (Phi) is 12.7. The molecule has 344 valence electrons. The van der Waals surface area contributed by atoms with Gasteiger partial charge < -0.3 is 25.2 Å². The van der Waals surface area contributed by atoms with E-state index in [4.69, 9.17) is 4.74 Å². The highest BCUT2D eigenvalue weighted by atomic mass is 79.9. The monoisotopic (exact) mass is 966 g/mol. The number of hydrogen-bond donors (Lipinski definition) is 2. The molecule has 0 aliphatic carbocycles. The van der Waals surface area contributed by atoms with E-state index in [0.29, 0.717) is 69.6 Å². The van der Waals surface area contributed by atoms with Crippen LogP contribution in [-0.4, -0.2) is 72.7 Å². The Balaban J connectivity index is 0.000000210. The number of nitrogens with one attached hydrogen (secondary N) is 2. The Hall–Kier alpha value is -5.85. The molecule has 2 aliphatic rings. The van der Waals surface area contributed by atoms with Crippen LogP contribution in [0.25, 0.3) is 22.1 Å². The minimum Gasteiger partial charge on any atom is -0.444 e. The number of likely N-dealkylation sites (tertiary alicyclic amines) is 1. The maximum Gasteiger partial charge on any atom is 0.416 e. The topological polar surface area (TPSA) is 134 Å². The number of aryl methyl sites for hydroxylation is 2. The molecule has 0 saturated carbocycles. The molecule has 0 radical (unpaired) electrons. The third-order valence-corrected chi connectivity index (χ3v) is 11.8. The molecule has 19 heteroatoms. The fraction of sp³-hybridized carbons (Fsp3) is 0.413. The number of fused-ring (bicyclic) bond motifs is 2. The molecule has 12 nitrogen and oxygen atoms in total. The number of pyridine rings is 2. The average molecular weight is 968 g/mol. The maximum absolute atomic E-state index is 13.5. The van der Waals surface area contributed by atoms with E-state index in [9.17, 15) is 31.1 Å². The second kappa shape index (κ2) is 17.5. The van der Waals surface area contributed by atoms with E-state index in [0.717, 1.165) is 35.4 Å². The van der Waals surface area contributed by atoms with Crippen LogP contribution in [0.2, 0.25) is 0 Å². The van der Waals surface area contributed by atoms with Gasteiger partial charge in [-0.2, -0.15) is 26.3 Å². The number of halogens is 7.